The molecule has 0 spiro atoms. The Bertz CT molecular complexity index is 1870. The molecule has 41 heavy (non-hydrogen) atoms. The van der Waals surface area contributed by atoms with Gasteiger partial charge < -0.3 is 20.0 Å². The van der Waals surface area contributed by atoms with Crippen molar-refractivity contribution in [2.75, 3.05) is 32.0 Å². The van der Waals surface area contributed by atoms with Gasteiger partial charge in [0.1, 0.15) is 34.4 Å². The maximum absolute atomic E-state index is 14.3. The van der Waals surface area contributed by atoms with Crippen molar-refractivity contribution in [2.24, 2.45) is 0 Å². The maximum Gasteiger partial charge on any atom is 0.164 e. The van der Waals surface area contributed by atoms with Crippen LogP contribution < -0.4 is 5.73 Å². The van der Waals surface area contributed by atoms with Crippen molar-refractivity contribution < 1.29 is 14.2 Å². The van der Waals surface area contributed by atoms with Crippen LogP contribution in [-0.4, -0.2) is 65.4 Å². The standard InChI is InChI=1S/C29H27FN8O2S/c1-17(38-29-25(28(31)32-16-33-29)26(35-38)18-10-19(30)12-21(39)11-18)22-13-20-4-2-3-5-37(20)27(22)23-15-41-24(34-23)14-36-6-8-40-9-7-36/h2-5,10-13,15-17,39H,6-9,14H2,1H3,(H2,31,32,33). The van der Waals surface area contributed by atoms with Gasteiger partial charge in [-0.2, -0.15) is 5.10 Å². The third kappa shape index (κ3) is 4.59. The van der Waals surface area contributed by atoms with Crippen molar-refractivity contribution in [1.29, 1.82) is 0 Å². The van der Waals surface area contributed by atoms with Crippen molar-refractivity contribution in [3.05, 3.63) is 76.8 Å². The summed E-state index contributed by atoms with van der Waals surface area (Å²) in [7, 11) is 0. The van der Waals surface area contributed by atoms with Crippen LogP contribution in [0.2, 0.25) is 0 Å². The van der Waals surface area contributed by atoms with Crippen molar-refractivity contribution in [2.45, 2.75) is 19.5 Å². The van der Waals surface area contributed by atoms with Crippen molar-refractivity contribution in [3.8, 4) is 28.4 Å². The number of aromatic nitrogens is 6. The van der Waals surface area contributed by atoms with Crippen LogP contribution in [0.5, 0.6) is 5.75 Å². The largest absolute Gasteiger partial charge is 0.508 e. The molecule has 5 aromatic heterocycles. The molecule has 1 fully saturated rings. The number of phenols is 1. The average Bonchev–Trinajstić information content (AvgIpc) is 3.68. The highest BCUT2D eigenvalue weighted by atomic mass is 32.1. The number of morpholine rings is 1. The molecule has 1 saturated heterocycles. The maximum atomic E-state index is 14.3. The number of ether oxygens (including phenoxy) is 1. The Labute approximate surface area is 238 Å². The van der Waals surface area contributed by atoms with E-state index in [-0.39, 0.29) is 17.6 Å². The summed E-state index contributed by atoms with van der Waals surface area (Å²) < 4.78 is 23.7. The Kier molecular flexibility index (Phi) is 6.37. The zero-order chi connectivity index (χ0) is 28.1. The van der Waals surface area contributed by atoms with Crippen molar-refractivity contribution in [1.82, 2.24) is 34.0 Å². The number of benzene rings is 1. The summed E-state index contributed by atoms with van der Waals surface area (Å²) in [4.78, 5) is 16.1. The first kappa shape index (κ1) is 25.6. The Hall–Kier alpha value is -4.39. The molecule has 12 heteroatoms. The summed E-state index contributed by atoms with van der Waals surface area (Å²) in [5.74, 6) is -0.561. The smallest absolute Gasteiger partial charge is 0.164 e. The number of nitrogen functional groups attached to an aromatic ring is 1. The molecular weight excluding hydrogens is 543 g/mol. The van der Waals surface area contributed by atoms with Gasteiger partial charge in [0.15, 0.2) is 5.65 Å². The first-order chi connectivity index (χ1) is 20.0. The molecule has 7 rings (SSSR count). The Morgan fingerprint density at radius 2 is 2.00 bits per heavy atom. The molecule has 10 nitrogen and oxygen atoms in total. The zero-order valence-electron chi connectivity index (χ0n) is 22.2. The van der Waals surface area contributed by atoms with Crippen LogP contribution in [0.3, 0.4) is 0 Å². The lowest BCUT2D eigenvalue weighted by Crippen LogP contribution is -2.35. The number of thiazole rings is 1. The number of pyridine rings is 1. The zero-order valence-corrected chi connectivity index (χ0v) is 23.1. The van der Waals surface area contributed by atoms with Crippen LogP contribution in [0.1, 0.15) is 23.5 Å². The lowest BCUT2D eigenvalue weighted by Gasteiger charge is -2.25. The second kappa shape index (κ2) is 10.2. The third-order valence-corrected chi connectivity index (χ3v) is 8.29. The molecule has 1 aliphatic heterocycles. The van der Waals surface area contributed by atoms with Crippen LogP contribution in [0.15, 0.2) is 60.4 Å². The van der Waals surface area contributed by atoms with E-state index in [1.54, 1.807) is 16.0 Å². The lowest BCUT2D eigenvalue weighted by molar-refractivity contribution is 0.0342. The average molecular weight is 571 g/mol. The number of aromatic hydroxyl groups is 1. The highest BCUT2D eigenvalue weighted by Crippen LogP contribution is 2.38. The summed E-state index contributed by atoms with van der Waals surface area (Å²) in [6.45, 7) is 6.10. The number of halogens is 1. The number of nitrogens with two attached hydrogens (primary N) is 1. The van der Waals surface area contributed by atoms with Crippen LogP contribution in [0.25, 0.3) is 39.2 Å². The molecule has 6 heterocycles. The minimum atomic E-state index is -0.580. The van der Waals surface area contributed by atoms with E-state index in [1.807, 2.05) is 25.3 Å². The van der Waals surface area contributed by atoms with Crippen LogP contribution in [0.4, 0.5) is 10.2 Å². The number of hydrogen-bond acceptors (Lipinski definition) is 9. The molecule has 1 aliphatic rings. The van der Waals surface area contributed by atoms with E-state index in [2.05, 4.69) is 36.8 Å². The molecule has 208 valence electrons. The van der Waals surface area contributed by atoms with Gasteiger partial charge in [-0.05, 0) is 37.3 Å². The molecule has 0 amide bonds. The molecular formula is C29H27FN8O2S. The molecule has 1 atom stereocenters. The fourth-order valence-corrected chi connectivity index (χ4v) is 6.31. The minimum absolute atomic E-state index is 0.205. The second-order valence-corrected chi connectivity index (χ2v) is 11.0. The highest BCUT2D eigenvalue weighted by Gasteiger charge is 2.26. The van der Waals surface area contributed by atoms with E-state index in [1.165, 1.54) is 18.5 Å². The first-order valence-electron chi connectivity index (χ1n) is 13.3. The van der Waals surface area contributed by atoms with E-state index in [0.717, 1.165) is 66.4 Å². The van der Waals surface area contributed by atoms with Gasteiger partial charge in [0.2, 0.25) is 0 Å². The van der Waals surface area contributed by atoms with Gasteiger partial charge in [0, 0.05) is 47.4 Å². The van der Waals surface area contributed by atoms with Crippen molar-refractivity contribution >= 4 is 33.7 Å². The molecule has 0 bridgehead atoms. The molecule has 0 saturated carbocycles. The van der Waals surface area contributed by atoms with Crippen LogP contribution >= 0.6 is 11.3 Å². The van der Waals surface area contributed by atoms with Crippen LogP contribution in [0, 0.1) is 5.82 Å². The molecule has 0 radical (unpaired) electrons. The highest BCUT2D eigenvalue weighted by molar-refractivity contribution is 7.09. The molecule has 3 N–H and O–H groups in total. The van der Waals surface area contributed by atoms with Crippen LogP contribution in [-0.2, 0) is 11.3 Å². The lowest BCUT2D eigenvalue weighted by atomic mass is 10.1. The number of hydrogen-bond donors (Lipinski definition) is 2. The quantitative estimate of drug-likeness (QED) is 0.295. The van der Waals surface area contributed by atoms with E-state index < -0.39 is 5.82 Å². The monoisotopic (exact) mass is 570 g/mol. The topological polar surface area (TPSA) is 120 Å². The fourth-order valence-electron chi connectivity index (χ4n) is 5.49. The van der Waals surface area contributed by atoms with E-state index in [4.69, 9.17) is 20.6 Å². The summed E-state index contributed by atoms with van der Waals surface area (Å²) in [6, 6.07) is 11.7. The normalized spacial score (nSPS) is 15.2. The van der Waals surface area contributed by atoms with Gasteiger partial charge in [-0.3, -0.25) is 4.90 Å². The Balaban J connectivity index is 1.36. The van der Waals surface area contributed by atoms with E-state index in [0.29, 0.717) is 22.3 Å². The van der Waals surface area contributed by atoms with Gasteiger partial charge >= 0.3 is 0 Å². The van der Waals surface area contributed by atoms with Gasteiger partial charge in [-0.15, -0.1) is 11.3 Å². The number of rotatable bonds is 6. The number of fused-ring (bicyclic) bond motifs is 2. The first-order valence-corrected chi connectivity index (χ1v) is 14.2. The summed E-state index contributed by atoms with van der Waals surface area (Å²) in [6.07, 6.45) is 3.43. The fraction of sp³-hybridized carbons (Fsp3) is 0.241. The summed E-state index contributed by atoms with van der Waals surface area (Å²) >= 11 is 1.65. The third-order valence-electron chi connectivity index (χ3n) is 7.46. The van der Waals surface area contributed by atoms with Gasteiger partial charge in [0.25, 0.3) is 0 Å². The van der Waals surface area contributed by atoms with Gasteiger partial charge in [0.05, 0.1) is 42.6 Å². The molecule has 0 aliphatic carbocycles. The number of anilines is 1. The Morgan fingerprint density at radius 3 is 2.83 bits per heavy atom. The number of nitrogens with zero attached hydrogens (tertiary/aromatic N) is 7. The Morgan fingerprint density at radius 1 is 1.15 bits per heavy atom. The van der Waals surface area contributed by atoms with Crippen molar-refractivity contribution in [3.63, 3.8) is 0 Å². The SMILES string of the molecule is CC(c1cc2ccccn2c1-c1csc(CN2CCOCC2)n1)n1nc(-c2cc(O)cc(F)c2)c2c(N)ncnc21. The number of phenolic OH excluding ortho intramolecular Hbond substituents is 1. The minimum Gasteiger partial charge on any atom is -0.508 e. The van der Waals surface area contributed by atoms with Gasteiger partial charge in [-0.1, -0.05) is 6.07 Å². The summed E-state index contributed by atoms with van der Waals surface area (Å²) in [5, 5.41) is 18.6. The molecule has 6 aromatic rings. The van der Waals surface area contributed by atoms with E-state index in [9.17, 15) is 9.50 Å². The predicted molar refractivity (Wildman–Crippen MR) is 155 cm³/mol. The second-order valence-electron chi connectivity index (χ2n) is 10.1. The van der Waals surface area contributed by atoms with Gasteiger partial charge in [-0.25, -0.2) is 24.0 Å². The molecule has 1 aromatic carbocycles. The molecule has 1 unspecified atom stereocenters. The predicted octanol–water partition coefficient (Wildman–Crippen LogP) is 4.74. The summed E-state index contributed by atoms with van der Waals surface area (Å²) in [5.41, 5.74) is 11.5. The van der Waals surface area contributed by atoms with E-state index >= 15 is 0 Å².